The van der Waals surface area contributed by atoms with Crippen LogP contribution in [0.2, 0.25) is 0 Å². The summed E-state index contributed by atoms with van der Waals surface area (Å²) in [7, 11) is 0. The molecule has 2 aliphatic rings. The highest BCUT2D eigenvalue weighted by molar-refractivity contribution is 5.79. The first-order chi connectivity index (χ1) is 15.4. The molecule has 6 heteroatoms. The molecule has 3 rings (SSSR count). The number of likely N-dealkylation sites (tertiary alicyclic amines) is 2. The monoisotopic (exact) mass is 443 g/mol. The molecule has 0 N–H and O–H groups in total. The number of piperidine rings is 2. The Morgan fingerprint density at radius 1 is 1.19 bits per heavy atom. The smallest absolute Gasteiger partial charge is 0.226 e. The first-order valence-electron chi connectivity index (χ1n) is 12.4. The molecule has 6 nitrogen and oxygen atoms in total. The lowest BCUT2D eigenvalue weighted by atomic mass is 9.96. The third kappa shape index (κ3) is 6.47. The number of rotatable bonds is 9. The maximum absolute atomic E-state index is 12.8. The fourth-order valence-corrected chi connectivity index (χ4v) is 4.98. The molecule has 32 heavy (non-hydrogen) atoms. The van der Waals surface area contributed by atoms with E-state index in [0.29, 0.717) is 24.9 Å². The van der Waals surface area contributed by atoms with Crippen molar-refractivity contribution in [2.45, 2.75) is 66.0 Å². The third-order valence-corrected chi connectivity index (χ3v) is 6.89. The second kappa shape index (κ2) is 11.7. The Labute approximate surface area is 193 Å². The molecule has 2 aliphatic heterocycles. The van der Waals surface area contributed by atoms with Crippen LogP contribution in [0.25, 0.3) is 0 Å². The van der Waals surface area contributed by atoms with E-state index in [1.165, 1.54) is 5.56 Å². The summed E-state index contributed by atoms with van der Waals surface area (Å²) in [6.45, 7) is 14.0. The molecule has 1 aromatic rings. The van der Waals surface area contributed by atoms with E-state index in [2.05, 4.69) is 50.8 Å². The van der Waals surface area contributed by atoms with Crippen LogP contribution in [0.1, 0.15) is 58.9 Å². The van der Waals surface area contributed by atoms with Crippen LogP contribution in [0.3, 0.4) is 0 Å². The minimum atomic E-state index is 0.112. The van der Waals surface area contributed by atoms with Gasteiger partial charge in [0.2, 0.25) is 11.8 Å². The summed E-state index contributed by atoms with van der Waals surface area (Å²) < 4.78 is 6.14. The summed E-state index contributed by atoms with van der Waals surface area (Å²) in [6.07, 6.45) is 3.58. The predicted octanol–water partition coefficient (Wildman–Crippen LogP) is 3.79. The number of hydrogen-bond acceptors (Lipinski definition) is 4. The van der Waals surface area contributed by atoms with Gasteiger partial charge < -0.3 is 14.5 Å². The third-order valence-electron chi connectivity index (χ3n) is 6.89. The average molecular weight is 444 g/mol. The molecule has 0 radical (unpaired) electrons. The number of carbonyl (C=O) groups excluding carboxylic acids is 2. The van der Waals surface area contributed by atoms with Gasteiger partial charge in [-0.15, -0.1) is 0 Å². The van der Waals surface area contributed by atoms with Gasteiger partial charge in [0.05, 0.1) is 12.5 Å². The van der Waals surface area contributed by atoms with E-state index >= 15 is 0 Å². The van der Waals surface area contributed by atoms with Crippen molar-refractivity contribution in [3.8, 4) is 5.75 Å². The van der Waals surface area contributed by atoms with Crippen LogP contribution < -0.4 is 4.74 Å². The second-order valence-corrected chi connectivity index (χ2v) is 9.59. The quantitative estimate of drug-likeness (QED) is 0.583. The zero-order valence-corrected chi connectivity index (χ0v) is 20.4. The van der Waals surface area contributed by atoms with Gasteiger partial charge in [0, 0.05) is 51.1 Å². The second-order valence-electron chi connectivity index (χ2n) is 9.59. The van der Waals surface area contributed by atoms with Gasteiger partial charge in [-0.25, -0.2) is 0 Å². The molecule has 2 unspecified atom stereocenters. The highest BCUT2D eigenvalue weighted by Crippen LogP contribution is 2.24. The average Bonchev–Trinajstić information content (AvgIpc) is 2.79. The molecular weight excluding hydrogens is 402 g/mol. The molecule has 0 bridgehead atoms. The molecule has 2 atom stereocenters. The summed E-state index contributed by atoms with van der Waals surface area (Å²) in [5.74, 6) is 1.95. The van der Waals surface area contributed by atoms with Crippen molar-refractivity contribution in [1.82, 2.24) is 14.7 Å². The molecule has 0 aliphatic carbocycles. The zero-order valence-electron chi connectivity index (χ0n) is 20.4. The highest BCUT2D eigenvalue weighted by atomic mass is 16.5. The summed E-state index contributed by atoms with van der Waals surface area (Å²) in [4.78, 5) is 31.2. The van der Waals surface area contributed by atoms with Crippen LogP contribution >= 0.6 is 0 Å². The molecule has 0 aromatic heterocycles. The number of hydrogen-bond donors (Lipinski definition) is 0. The van der Waals surface area contributed by atoms with E-state index in [1.54, 1.807) is 0 Å². The van der Waals surface area contributed by atoms with Crippen molar-refractivity contribution >= 4 is 11.8 Å². The molecule has 0 saturated carbocycles. The van der Waals surface area contributed by atoms with Crippen molar-refractivity contribution in [3.63, 3.8) is 0 Å². The van der Waals surface area contributed by atoms with Crippen molar-refractivity contribution in [2.75, 3.05) is 39.3 Å². The van der Waals surface area contributed by atoms with Gasteiger partial charge in [0.25, 0.3) is 0 Å². The molecule has 2 saturated heterocycles. The van der Waals surface area contributed by atoms with Gasteiger partial charge in [0.15, 0.2) is 0 Å². The zero-order chi connectivity index (χ0) is 23.1. The van der Waals surface area contributed by atoms with Crippen LogP contribution in [0.5, 0.6) is 5.75 Å². The van der Waals surface area contributed by atoms with E-state index < -0.39 is 0 Å². The van der Waals surface area contributed by atoms with E-state index in [9.17, 15) is 9.59 Å². The van der Waals surface area contributed by atoms with E-state index in [4.69, 9.17) is 4.74 Å². The number of ether oxygens (including phenoxy) is 1. The summed E-state index contributed by atoms with van der Waals surface area (Å²) >= 11 is 0. The lowest BCUT2D eigenvalue weighted by Crippen LogP contribution is -2.45. The van der Waals surface area contributed by atoms with Gasteiger partial charge in [-0.2, -0.15) is 0 Å². The normalized spacial score (nSPS) is 22.3. The molecule has 0 spiro atoms. The van der Waals surface area contributed by atoms with Gasteiger partial charge in [-0.1, -0.05) is 12.1 Å². The van der Waals surface area contributed by atoms with E-state index in [-0.39, 0.29) is 17.9 Å². The fraction of sp³-hybridized carbons (Fsp3) is 0.692. The summed E-state index contributed by atoms with van der Waals surface area (Å²) in [5.41, 5.74) is 1.22. The van der Waals surface area contributed by atoms with Gasteiger partial charge >= 0.3 is 0 Å². The standard InChI is InChI=1S/C26H41N3O3/c1-5-28(6-2)26(31)23-10-8-14-27(18-23)16-21-9-7-11-24(15-21)32-19-22-12-13-25(30)29(17-22)20(3)4/h7,9,11,15,20,22-23H,5-6,8,10,12-14,16-19H2,1-4H3. The van der Waals surface area contributed by atoms with Gasteiger partial charge in [0.1, 0.15) is 5.75 Å². The first-order valence-corrected chi connectivity index (χ1v) is 12.4. The number of benzene rings is 1. The number of nitrogens with zero attached hydrogens (tertiary/aromatic N) is 3. The van der Waals surface area contributed by atoms with Crippen molar-refractivity contribution in [3.05, 3.63) is 29.8 Å². The van der Waals surface area contributed by atoms with Gasteiger partial charge in [-0.3, -0.25) is 14.5 Å². The van der Waals surface area contributed by atoms with Crippen LogP contribution in [0, 0.1) is 11.8 Å². The van der Waals surface area contributed by atoms with Crippen LogP contribution in [-0.4, -0.2) is 71.9 Å². The molecule has 2 fully saturated rings. The van der Waals surface area contributed by atoms with E-state index in [1.807, 2.05) is 15.9 Å². The predicted molar refractivity (Wildman–Crippen MR) is 127 cm³/mol. The first kappa shape index (κ1) is 24.6. The Bertz CT molecular complexity index is 762. The SMILES string of the molecule is CCN(CC)C(=O)C1CCCN(Cc2cccc(OCC3CCC(=O)N(C(C)C)C3)c2)C1. The molecule has 2 amide bonds. The maximum Gasteiger partial charge on any atom is 0.226 e. The Balaban J connectivity index is 1.52. The minimum absolute atomic E-state index is 0.112. The largest absolute Gasteiger partial charge is 0.493 e. The van der Waals surface area contributed by atoms with Crippen molar-refractivity contribution in [2.24, 2.45) is 11.8 Å². The highest BCUT2D eigenvalue weighted by Gasteiger charge is 2.29. The number of amides is 2. The van der Waals surface area contributed by atoms with Crippen LogP contribution in [0.15, 0.2) is 24.3 Å². The molecular formula is C26H41N3O3. The van der Waals surface area contributed by atoms with Crippen LogP contribution in [-0.2, 0) is 16.1 Å². The van der Waals surface area contributed by atoms with Crippen LogP contribution in [0.4, 0.5) is 0 Å². The van der Waals surface area contributed by atoms with E-state index in [0.717, 1.165) is 64.3 Å². The fourth-order valence-electron chi connectivity index (χ4n) is 4.98. The Morgan fingerprint density at radius 2 is 1.97 bits per heavy atom. The lowest BCUT2D eigenvalue weighted by Gasteiger charge is -2.35. The molecule has 178 valence electrons. The molecule has 2 heterocycles. The Kier molecular flexibility index (Phi) is 8.97. The Morgan fingerprint density at radius 3 is 2.69 bits per heavy atom. The number of carbonyl (C=O) groups is 2. The van der Waals surface area contributed by atoms with Gasteiger partial charge in [-0.05, 0) is 71.2 Å². The summed E-state index contributed by atoms with van der Waals surface area (Å²) in [5, 5.41) is 0. The summed E-state index contributed by atoms with van der Waals surface area (Å²) in [6, 6.07) is 8.58. The molecule has 1 aromatic carbocycles. The van der Waals surface area contributed by atoms with Crippen molar-refractivity contribution in [1.29, 1.82) is 0 Å². The Hall–Kier alpha value is -2.08. The minimum Gasteiger partial charge on any atom is -0.493 e. The topological polar surface area (TPSA) is 53.1 Å². The maximum atomic E-state index is 12.8. The lowest BCUT2D eigenvalue weighted by molar-refractivity contribution is -0.137. The van der Waals surface area contributed by atoms with Crippen molar-refractivity contribution < 1.29 is 14.3 Å².